The van der Waals surface area contributed by atoms with Gasteiger partial charge in [-0.25, -0.2) is 0 Å². The number of ether oxygens (including phenoxy) is 1. The van der Waals surface area contributed by atoms with E-state index >= 15 is 0 Å². The summed E-state index contributed by atoms with van der Waals surface area (Å²) in [6.07, 6.45) is 0. The molecule has 92 valence electrons. The Morgan fingerprint density at radius 1 is 1.11 bits per heavy atom. The molecule has 0 amide bonds. The van der Waals surface area contributed by atoms with Gasteiger partial charge < -0.3 is 15.6 Å². The third-order valence-electron chi connectivity index (χ3n) is 2.46. The van der Waals surface area contributed by atoms with Gasteiger partial charge in [0.2, 0.25) is 0 Å². The third-order valence-corrected chi connectivity index (χ3v) is 2.69. The summed E-state index contributed by atoms with van der Waals surface area (Å²) in [5.74, 6) is 1.38. The summed E-state index contributed by atoms with van der Waals surface area (Å²) < 4.78 is 5.66. The van der Waals surface area contributed by atoms with E-state index in [0.29, 0.717) is 16.5 Å². The quantitative estimate of drug-likeness (QED) is 0.829. The van der Waals surface area contributed by atoms with Gasteiger partial charge in [-0.05, 0) is 42.0 Å². The van der Waals surface area contributed by atoms with Crippen LogP contribution < -0.4 is 10.5 Å². The van der Waals surface area contributed by atoms with Crippen molar-refractivity contribution >= 4 is 17.2 Å². The van der Waals surface area contributed by atoms with Gasteiger partial charge in [0.25, 0.3) is 0 Å². The van der Waals surface area contributed by atoms with Gasteiger partial charge in [-0.1, -0.05) is 24.4 Å². The zero-order chi connectivity index (χ0) is 13.0. The van der Waals surface area contributed by atoms with Gasteiger partial charge in [0.05, 0.1) is 6.61 Å². The number of hydrogen-bond acceptors (Lipinski definition) is 3. The highest BCUT2D eigenvalue weighted by atomic mass is 32.1. The standard InChI is InChI=1S/C14H13NO2S/c15-14(18)11-4-6-12(7-5-11)17-13-3-1-2-10(8-13)9-16/h1-8,16H,9H2,(H2,15,18). The summed E-state index contributed by atoms with van der Waals surface area (Å²) in [6, 6.07) is 14.5. The highest BCUT2D eigenvalue weighted by Crippen LogP contribution is 2.22. The molecule has 3 N–H and O–H groups in total. The normalized spacial score (nSPS) is 10.1. The van der Waals surface area contributed by atoms with Crippen LogP contribution in [0, 0.1) is 0 Å². The number of benzene rings is 2. The highest BCUT2D eigenvalue weighted by Gasteiger charge is 2.00. The largest absolute Gasteiger partial charge is 0.457 e. The molecule has 0 aliphatic rings. The molecule has 0 unspecified atom stereocenters. The van der Waals surface area contributed by atoms with Crippen LogP contribution in [-0.4, -0.2) is 10.1 Å². The second-order valence-electron chi connectivity index (χ2n) is 3.80. The SMILES string of the molecule is NC(=S)c1ccc(Oc2cccc(CO)c2)cc1. The van der Waals surface area contributed by atoms with Crippen molar-refractivity contribution in [2.24, 2.45) is 5.73 Å². The minimum atomic E-state index is -0.00240. The molecule has 0 heterocycles. The van der Waals surface area contributed by atoms with E-state index in [2.05, 4.69) is 0 Å². The Morgan fingerprint density at radius 3 is 2.44 bits per heavy atom. The smallest absolute Gasteiger partial charge is 0.127 e. The summed E-state index contributed by atoms with van der Waals surface area (Å²) >= 11 is 4.88. The van der Waals surface area contributed by atoms with Crippen LogP contribution in [0.25, 0.3) is 0 Å². The summed E-state index contributed by atoms with van der Waals surface area (Å²) in [6.45, 7) is -0.00240. The van der Waals surface area contributed by atoms with Crippen LogP contribution in [-0.2, 0) is 6.61 Å². The Morgan fingerprint density at radius 2 is 1.83 bits per heavy atom. The first-order valence-corrected chi connectivity index (χ1v) is 5.87. The van der Waals surface area contributed by atoms with Crippen molar-refractivity contribution < 1.29 is 9.84 Å². The molecule has 2 rings (SSSR count). The number of aliphatic hydroxyl groups excluding tert-OH is 1. The molecule has 18 heavy (non-hydrogen) atoms. The third kappa shape index (κ3) is 3.06. The molecule has 4 heteroatoms. The van der Waals surface area contributed by atoms with Gasteiger partial charge >= 0.3 is 0 Å². The van der Waals surface area contributed by atoms with E-state index in [9.17, 15) is 0 Å². The summed E-state index contributed by atoms with van der Waals surface area (Å²) in [5.41, 5.74) is 7.14. The van der Waals surface area contributed by atoms with Crippen LogP contribution in [0.2, 0.25) is 0 Å². The fraction of sp³-hybridized carbons (Fsp3) is 0.0714. The van der Waals surface area contributed by atoms with Crippen molar-refractivity contribution in [2.45, 2.75) is 6.61 Å². The second kappa shape index (κ2) is 5.62. The molecular formula is C14H13NO2S. The Bertz CT molecular complexity index is 552. The van der Waals surface area contributed by atoms with E-state index in [1.54, 1.807) is 18.2 Å². The average Bonchev–Trinajstić information content (AvgIpc) is 2.39. The first-order valence-electron chi connectivity index (χ1n) is 5.46. The maximum Gasteiger partial charge on any atom is 0.127 e. The van der Waals surface area contributed by atoms with Gasteiger partial charge in [0, 0.05) is 5.56 Å². The minimum absolute atomic E-state index is 0.00240. The molecule has 0 bridgehead atoms. The monoisotopic (exact) mass is 259 g/mol. The highest BCUT2D eigenvalue weighted by molar-refractivity contribution is 7.80. The predicted molar refractivity (Wildman–Crippen MR) is 74.8 cm³/mol. The molecule has 0 aromatic heterocycles. The lowest BCUT2D eigenvalue weighted by Crippen LogP contribution is -2.08. The molecule has 2 aromatic rings. The Labute approximate surface area is 111 Å². The lowest BCUT2D eigenvalue weighted by molar-refractivity contribution is 0.281. The van der Waals surface area contributed by atoms with Crippen LogP contribution in [0.5, 0.6) is 11.5 Å². The van der Waals surface area contributed by atoms with Crippen molar-refractivity contribution in [1.29, 1.82) is 0 Å². The van der Waals surface area contributed by atoms with Crippen molar-refractivity contribution in [1.82, 2.24) is 0 Å². The summed E-state index contributed by atoms with van der Waals surface area (Å²) in [7, 11) is 0. The van der Waals surface area contributed by atoms with E-state index < -0.39 is 0 Å². The van der Waals surface area contributed by atoms with Crippen LogP contribution in [0.1, 0.15) is 11.1 Å². The first kappa shape index (κ1) is 12.5. The van der Waals surface area contributed by atoms with E-state index in [1.807, 2.05) is 30.3 Å². The fourth-order valence-corrected chi connectivity index (χ4v) is 1.67. The van der Waals surface area contributed by atoms with Gasteiger partial charge in [-0.2, -0.15) is 0 Å². The van der Waals surface area contributed by atoms with Crippen molar-refractivity contribution in [3.63, 3.8) is 0 Å². The van der Waals surface area contributed by atoms with E-state index in [4.69, 9.17) is 27.8 Å². The van der Waals surface area contributed by atoms with Crippen molar-refractivity contribution in [3.05, 3.63) is 59.7 Å². The molecule has 0 saturated carbocycles. The van der Waals surface area contributed by atoms with Crippen LogP contribution >= 0.6 is 12.2 Å². The molecule has 0 aliphatic carbocycles. The van der Waals surface area contributed by atoms with Gasteiger partial charge in [-0.3, -0.25) is 0 Å². The maximum atomic E-state index is 9.04. The van der Waals surface area contributed by atoms with Crippen LogP contribution in [0.4, 0.5) is 0 Å². The first-order chi connectivity index (χ1) is 8.69. The molecule has 3 nitrogen and oxygen atoms in total. The Hall–Kier alpha value is -1.91. The summed E-state index contributed by atoms with van der Waals surface area (Å²) in [4.78, 5) is 0.365. The van der Waals surface area contributed by atoms with E-state index in [1.165, 1.54) is 0 Å². The Balaban J connectivity index is 2.15. The minimum Gasteiger partial charge on any atom is -0.457 e. The molecule has 0 spiro atoms. The molecule has 0 atom stereocenters. The zero-order valence-corrected chi connectivity index (χ0v) is 10.5. The lowest BCUT2D eigenvalue weighted by atomic mass is 10.2. The Kier molecular flexibility index (Phi) is 3.92. The number of hydrogen-bond donors (Lipinski definition) is 2. The maximum absolute atomic E-state index is 9.04. The number of nitrogens with two attached hydrogens (primary N) is 1. The molecule has 0 aliphatic heterocycles. The van der Waals surface area contributed by atoms with Crippen LogP contribution in [0.3, 0.4) is 0 Å². The topological polar surface area (TPSA) is 55.5 Å². The number of rotatable bonds is 4. The summed E-state index contributed by atoms with van der Waals surface area (Å²) in [5, 5.41) is 9.04. The molecule has 0 radical (unpaired) electrons. The molecule has 0 saturated heterocycles. The second-order valence-corrected chi connectivity index (χ2v) is 4.24. The van der Waals surface area contributed by atoms with Crippen LogP contribution in [0.15, 0.2) is 48.5 Å². The number of thiocarbonyl (C=S) groups is 1. The van der Waals surface area contributed by atoms with Gasteiger partial charge in [0.15, 0.2) is 0 Å². The average molecular weight is 259 g/mol. The predicted octanol–water partition coefficient (Wildman–Crippen LogP) is 2.61. The number of aliphatic hydroxyl groups is 1. The lowest BCUT2D eigenvalue weighted by Gasteiger charge is -2.07. The fourth-order valence-electron chi connectivity index (χ4n) is 1.53. The van der Waals surface area contributed by atoms with Crippen molar-refractivity contribution in [3.8, 4) is 11.5 Å². The van der Waals surface area contributed by atoms with E-state index in [-0.39, 0.29) is 6.61 Å². The van der Waals surface area contributed by atoms with Gasteiger partial charge in [-0.15, -0.1) is 0 Å². The molecule has 0 fully saturated rings. The molecular weight excluding hydrogens is 246 g/mol. The van der Waals surface area contributed by atoms with Crippen molar-refractivity contribution in [2.75, 3.05) is 0 Å². The molecule has 2 aromatic carbocycles. The van der Waals surface area contributed by atoms with E-state index in [0.717, 1.165) is 11.1 Å². The van der Waals surface area contributed by atoms with Gasteiger partial charge in [0.1, 0.15) is 16.5 Å². The zero-order valence-electron chi connectivity index (χ0n) is 9.67.